The van der Waals surface area contributed by atoms with Crippen molar-refractivity contribution in [1.82, 2.24) is 4.90 Å². The Bertz CT molecular complexity index is 531. The number of carboxylic acids is 1. The van der Waals surface area contributed by atoms with Crippen LogP contribution in [0.2, 0.25) is 0 Å². The average Bonchev–Trinajstić information content (AvgIpc) is 2.37. The predicted molar refractivity (Wildman–Crippen MR) is 77.4 cm³/mol. The van der Waals surface area contributed by atoms with Gasteiger partial charge in [0.1, 0.15) is 5.82 Å². The molecule has 20 heavy (non-hydrogen) atoms. The molecule has 1 aliphatic rings. The van der Waals surface area contributed by atoms with E-state index in [-0.39, 0.29) is 11.9 Å². The average molecular weight is 278 g/mol. The van der Waals surface area contributed by atoms with Crippen molar-refractivity contribution >= 4 is 17.7 Å². The van der Waals surface area contributed by atoms with Crippen LogP contribution in [0.4, 0.5) is 10.1 Å². The Kier molecular flexibility index (Phi) is 4.39. The lowest BCUT2D eigenvalue weighted by Gasteiger charge is -2.39. The molecule has 1 heterocycles. The van der Waals surface area contributed by atoms with Crippen LogP contribution in [-0.2, 0) is 4.79 Å². The molecule has 0 aromatic heterocycles. The van der Waals surface area contributed by atoms with E-state index in [0.717, 1.165) is 25.7 Å². The number of hydrogen-bond donors (Lipinski definition) is 1. The Balaban J connectivity index is 2.19. The van der Waals surface area contributed by atoms with Crippen LogP contribution in [0.1, 0.15) is 12.5 Å². The van der Waals surface area contributed by atoms with E-state index in [1.807, 2.05) is 0 Å². The van der Waals surface area contributed by atoms with Gasteiger partial charge in [0.25, 0.3) is 0 Å². The molecular weight excluding hydrogens is 259 g/mol. The van der Waals surface area contributed by atoms with Gasteiger partial charge in [-0.25, -0.2) is 9.18 Å². The van der Waals surface area contributed by atoms with Crippen LogP contribution in [-0.4, -0.2) is 48.7 Å². The number of rotatable bonds is 3. The van der Waals surface area contributed by atoms with Gasteiger partial charge in [0, 0.05) is 31.8 Å². The first-order valence-electron chi connectivity index (χ1n) is 6.63. The van der Waals surface area contributed by atoms with E-state index in [2.05, 4.69) is 23.8 Å². The molecule has 1 fully saturated rings. The first-order valence-corrected chi connectivity index (χ1v) is 6.63. The molecule has 5 heteroatoms. The topological polar surface area (TPSA) is 43.8 Å². The fraction of sp³-hybridized carbons (Fsp3) is 0.400. The summed E-state index contributed by atoms with van der Waals surface area (Å²) < 4.78 is 14.2. The van der Waals surface area contributed by atoms with Crippen molar-refractivity contribution < 1.29 is 14.3 Å². The second-order valence-corrected chi connectivity index (χ2v) is 5.19. The van der Waals surface area contributed by atoms with Crippen LogP contribution in [0, 0.1) is 5.82 Å². The maximum atomic E-state index is 14.2. The summed E-state index contributed by atoms with van der Waals surface area (Å²) in [6.45, 7) is 4.68. The third-order valence-electron chi connectivity index (χ3n) is 3.53. The minimum atomic E-state index is -1.04. The van der Waals surface area contributed by atoms with Gasteiger partial charge in [-0.2, -0.15) is 0 Å². The molecule has 0 radical (unpaired) electrons. The monoisotopic (exact) mass is 278 g/mol. The number of hydrogen-bond acceptors (Lipinski definition) is 3. The van der Waals surface area contributed by atoms with Crippen LogP contribution in [0.5, 0.6) is 0 Å². The predicted octanol–water partition coefficient (Wildman–Crippen LogP) is 2.06. The lowest BCUT2D eigenvalue weighted by molar-refractivity contribution is -0.131. The van der Waals surface area contributed by atoms with Crippen LogP contribution < -0.4 is 4.90 Å². The van der Waals surface area contributed by atoms with Gasteiger partial charge in [-0.3, -0.25) is 0 Å². The summed E-state index contributed by atoms with van der Waals surface area (Å²) in [5.41, 5.74) is 1.13. The Morgan fingerprint density at radius 1 is 1.45 bits per heavy atom. The van der Waals surface area contributed by atoms with Gasteiger partial charge in [0.05, 0.1) is 5.69 Å². The molecule has 0 amide bonds. The lowest BCUT2D eigenvalue weighted by Crippen LogP contribution is -2.50. The van der Waals surface area contributed by atoms with Gasteiger partial charge < -0.3 is 14.9 Å². The summed E-state index contributed by atoms with van der Waals surface area (Å²) in [6, 6.07) is 5.09. The Morgan fingerprint density at radius 3 is 2.80 bits per heavy atom. The van der Waals surface area contributed by atoms with E-state index in [0.29, 0.717) is 11.3 Å². The maximum Gasteiger partial charge on any atom is 0.328 e. The minimum Gasteiger partial charge on any atom is -0.478 e. The van der Waals surface area contributed by atoms with E-state index in [1.165, 1.54) is 12.1 Å². The fourth-order valence-electron chi connectivity index (χ4n) is 2.52. The molecule has 0 aliphatic carbocycles. The van der Waals surface area contributed by atoms with Crippen LogP contribution in [0.3, 0.4) is 0 Å². The number of likely N-dealkylation sites (N-methyl/N-ethyl adjacent to an activating group) is 1. The first kappa shape index (κ1) is 14.5. The molecule has 1 atom stereocenters. The number of halogens is 1. The second kappa shape index (κ2) is 6.05. The maximum absolute atomic E-state index is 14.2. The summed E-state index contributed by atoms with van der Waals surface area (Å²) >= 11 is 0. The molecule has 0 spiro atoms. The van der Waals surface area contributed by atoms with Crippen molar-refractivity contribution in [3.05, 3.63) is 35.7 Å². The molecule has 4 nitrogen and oxygen atoms in total. The molecule has 1 aromatic carbocycles. The smallest absolute Gasteiger partial charge is 0.328 e. The van der Waals surface area contributed by atoms with Crippen molar-refractivity contribution in [2.24, 2.45) is 0 Å². The quantitative estimate of drug-likeness (QED) is 0.860. The molecule has 1 aliphatic heterocycles. The second-order valence-electron chi connectivity index (χ2n) is 5.19. The summed E-state index contributed by atoms with van der Waals surface area (Å²) in [4.78, 5) is 14.7. The highest BCUT2D eigenvalue weighted by atomic mass is 19.1. The molecule has 0 saturated carbocycles. The Morgan fingerprint density at radius 2 is 2.20 bits per heavy atom. The summed E-state index contributed by atoms with van der Waals surface area (Å²) in [5, 5.41) is 8.57. The van der Waals surface area contributed by atoms with Gasteiger partial charge >= 0.3 is 5.97 Å². The molecule has 1 aromatic rings. The number of carbonyl (C=O) groups is 1. The normalized spacial score (nSPS) is 20.6. The molecule has 1 N–H and O–H groups in total. The number of benzene rings is 1. The Labute approximate surface area is 118 Å². The number of aliphatic carboxylic acids is 1. The van der Waals surface area contributed by atoms with Gasteiger partial charge in [0.2, 0.25) is 0 Å². The highest BCUT2D eigenvalue weighted by molar-refractivity contribution is 5.85. The number of nitrogens with zero attached hydrogens (tertiary/aromatic N) is 2. The molecular formula is C15H19FN2O2. The summed E-state index contributed by atoms with van der Waals surface area (Å²) in [6.07, 6.45) is 2.40. The van der Waals surface area contributed by atoms with E-state index in [9.17, 15) is 9.18 Å². The van der Waals surface area contributed by atoms with E-state index < -0.39 is 5.97 Å². The SMILES string of the molecule is CC1CN(C)CCN1c1ccc(/C=C/C(=O)O)cc1F. The Hall–Kier alpha value is -1.88. The standard InChI is InChI=1S/C15H19FN2O2/c1-11-10-17(2)7-8-18(11)14-5-3-12(9-13(14)16)4-6-15(19)20/h3-6,9,11H,7-8,10H2,1-2H3,(H,19,20)/b6-4+. The highest BCUT2D eigenvalue weighted by Crippen LogP contribution is 2.25. The molecule has 2 rings (SSSR count). The lowest BCUT2D eigenvalue weighted by atomic mass is 10.1. The molecule has 1 saturated heterocycles. The number of carboxylic acid groups (broad SMARTS) is 1. The third-order valence-corrected chi connectivity index (χ3v) is 3.53. The largest absolute Gasteiger partial charge is 0.478 e. The number of piperazine rings is 1. The summed E-state index contributed by atoms with van der Waals surface area (Å²) in [7, 11) is 2.06. The van der Waals surface area contributed by atoms with Crippen molar-refractivity contribution in [3.8, 4) is 0 Å². The fourth-order valence-corrected chi connectivity index (χ4v) is 2.52. The van der Waals surface area contributed by atoms with Gasteiger partial charge in [-0.1, -0.05) is 6.07 Å². The zero-order valence-corrected chi connectivity index (χ0v) is 11.7. The third kappa shape index (κ3) is 3.36. The van der Waals surface area contributed by atoms with Crippen LogP contribution in [0.15, 0.2) is 24.3 Å². The van der Waals surface area contributed by atoms with E-state index >= 15 is 0 Å². The van der Waals surface area contributed by atoms with Crippen molar-refractivity contribution in [1.29, 1.82) is 0 Å². The molecule has 0 bridgehead atoms. The summed E-state index contributed by atoms with van der Waals surface area (Å²) in [5.74, 6) is -1.35. The van der Waals surface area contributed by atoms with E-state index in [1.54, 1.807) is 12.1 Å². The minimum absolute atomic E-state index is 0.253. The van der Waals surface area contributed by atoms with Crippen molar-refractivity contribution in [3.63, 3.8) is 0 Å². The van der Waals surface area contributed by atoms with Gasteiger partial charge in [-0.05, 0) is 37.7 Å². The van der Waals surface area contributed by atoms with Crippen molar-refractivity contribution in [2.75, 3.05) is 31.6 Å². The van der Waals surface area contributed by atoms with E-state index in [4.69, 9.17) is 5.11 Å². The molecule has 108 valence electrons. The zero-order valence-electron chi connectivity index (χ0n) is 11.7. The highest BCUT2D eigenvalue weighted by Gasteiger charge is 2.23. The van der Waals surface area contributed by atoms with Crippen molar-refractivity contribution in [2.45, 2.75) is 13.0 Å². The van der Waals surface area contributed by atoms with Gasteiger partial charge in [0.15, 0.2) is 0 Å². The number of anilines is 1. The van der Waals surface area contributed by atoms with Gasteiger partial charge in [-0.15, -0.1) is 0 Å². The molecule has 1 unspecified atom stereocenters. The van der Waals surface area contributed by atoms with Crippen LogP contribution in [0.25, 0.3) is 6.08 Å². The van der Waals surface area contributed by atoms with Crippen LogP contribution >= 0.6 is 0 Å². The first-order chi connectivity index (χ1) is 9.47. The zero-order chi connectivity index (χ0) is 14.7.